The number of aromatic nitrogens is 1. The Hall–Kier alpha value is -2.28. The zero-order chi connectivity index (χ0) is 15.0. The molecular formula is C14H7F3NO2S. The smallest absolute Gasteiger partial charge is 0.416 e. The van der Waals surface area contributed by atoms with Gasteiger partial charge >= 0.3 is 6.18 Å². The van der Waals surface area contributed by atoms with Crippen molar-refractivity contribution in [3.63, 3.8) is 0 Å². The van der Waals surface area contributed by atoms with E-state index >= 15 is 0 Å². The molecule has 0 amide bonds. The first-order valence-corrected chi connectivity index (χ1v) is 6.66. The molecule has 0 spiro atoms. The van der Waals surface area contributed by atoms with Crippen LogP contribution < -0.4 is 4.74 Å². The third kappa shape index (κ3) is 2.92. The second-order valence-electron chi connectivity index (χ2n) is 4.23. The quantitative estimate of drug-likeness (QED) is 0.648. The van der Waals surface area contributed by atoms with Crippen LogP contribution in [0.15, 0.2) is 42.5 Å². The van der Waals surface area contributed by atoms with E-state index in [1.165, 1.54) is 30.3 Å². The molecule has 0 N–H and O–H groups in total. The summed E-state index contributed by atoms with van der Waals surface area (Å²) in [5.41, 5.74) is -0.288. The molecule has 21 heavy (non-hydrogen) atoms. The Morgan fingerprint density at radius 3 is 2.43 bits per heavy atom. The standard InChI is InChI=1S/C14H7F3NO2S/c15-14(16,17)8-1-6-11-12(7-8)21-13(18-11)20-10-4-2-9(19)3-5-10/h1-7H. The highest BCUT2D eigenvalue weighted by Gasteiger charge is 2.30. The predicted molar refractivity (Wildman–Crippen MR) is 71.3 cm³/mol. The van der Waals surface area contributed by atoms with Crippen LogP contribution in [-0.2, 0) is 11.3 Å². The van der Waals surface area contributed by atoms with Crippen molar-refractivity contribution in [3.05, 3.63) is 48.0 Å². The first-order chi connectivity index (χ1) is 9.91. The van der Waals surface area contributed by atoms with Gasteiger partial charge in [-0.15, -0.1) is 0 Å². The molecule has 3 aromatic rings. The van der Waals surface area contributed by atoms with Crippen LogP contribution in [0.3, 0.4) is 0 Å². The number of alkyl halides is 3. The lowest BCUT2D eigenvalue weighted by molar-refractivity contribution is -0.137. The van der Waals surface area contributed by atoms with Crippen LogP contribution in [0.1, 0.15) is 5.56 Å². The van der Waals surface area contributed by atoms with Crippen molar-refractivity contribution in [1.29, 1.82) is 0 Å². The van der Waals surface area contributed by atoms with Gasteiger partial charge in [0.25, 0.3) is 5.19 Å². The molecule has 0 aliphatic rings. The Kier molecular flexibility index (Phi) is 3.21. The molecule has 0 aliphatic carbocycles. The molecule has 0 aliphatic heterocycles. The molecule has 3 nitrogen and oxygen atoms in total. The molecule has 0 bridgehead atoms. The van der Waals surface area contributed by atoms with Crippen LogP contribution in [0.25, 0.3) is 10.2 Å². The lowest BCUT2D eigenvalue weighted by Gasteiger charge is -2.04. The maximum atomic E-state index is 12.6. The molecule has 1 radical (unpaired) electrons. The van der Waals surface area contributed by atoms with E-state index in [2.05, 4.69) is 4.98 Å². The Morgan fingerprint density at radius 2 is 1.76 bits per heavy atom. The lowest BCUT2D eigenvalue weighted by atomic mass is 10.2. The van der Waals surface area contributed by atoms with E-state index < -0.39 is 11.7 Å². The second kappa shape index (κ2) is 4.92. The van der Waals surface area contributed by atoms with Crippen molar-refractivity contribution in [1.82, 2.24) is 4.98 Å². The maximum Gasteiger partial charge on any atom is 0.416 e. The number of fused-ring (bicyclic) bond motifs is 1. The van der Waals surface area contributed by atoms with E-state index in [4.69, 9.17) is 4.74 Å². The highest BCUT2D eigenvalue weighted by molar-refractivity contribution is 7.20. The minimum atomic E-state index is -4.39. The summed E-state index contributed by atoms with van der Waals surface area (Å²) in [7, 11) is 0. The average molecular weight is 310 g/mol. The minimum Gasteiger partial charge on any atom is -0.431 e. The van der Waals surface area contributed by atoms with Gasteiger partial charge in [-0.05, 0) is 42.5 Å². The van der Waals surface area contributed by atoms with Gasteiger partial charge in [-0.1, -0.05) is 11.3 Å². The van der Waals surface area contributed by atoms with Crippen LogP contribution in [-0.4, -0.2) is 4.98 Å². The van der Waals surface area contributed by atoms with Gasteiger partial charge in [-0.2, -0.15) is 13.2 Å². The fraction of sp³-hybridized carbons (Fsp3) is 0.0714. The third-order valence-electron chi connectivity index (χ3n) is 2.73. The first-order valence-electron chi connectivity index (χ1n) is 5.84. The van der Waals surface area contributed by atoms with Crippen LogP contribution in [0.2, 0.25) is 0 Å². The number of thiazole rings is 1. The highest BCUT2D eigenvalue weighted by atomic mass is 32.1. The van der Waals surface area contributed by atoms with E-state index in [9.17, 15) is 18.3 Å². The summed E-state index contributed by atoms with van der Waals surface area (Å²) in [4.78, 5) is 4.10. The summed E-state index contributed by atoms with van der Waals surface area (Å²) in [5, 5.41) is 11.2. The summed E-state index contributed by atoms with van der Waals surface area (Å²) in [6.07, 6.45) is -4.39. The van der Waals surface area contributed by atoms with Gasteiger partial charge in [-0.3, -0.25) is 5.11 Å². The van der Waals surface area contributed by atoms with Crippen molar-refractivity contribution < 1.29 is 23.0 Å². The molecule has 1 aromatic heterocycles. The SMILES string of the molecule is [O]c1ccc(Oc2nc3ccc(C(F)(F)F)cc3s2)cc1. The van der Waals surface area contributed by atoms with Crippen molar-refractivity contribution in [2.24, 2.45) is 0 Å². The van der Waals surface area contributed by atoms with E-state index in [0.29, 0.717) is 16.0 Å². The van der Waals surface area contributed by atoms with Crippen molar-refractivity contribution >= 4 is 21.6 Å². The van der Waals surface area contributed by atoms with Crippen LogP contribution in [0.5, 0.6) is 16.7 Å². The molecule has 1 heterocycles. The van der Waals surface area contributed by atoms with Gasteiger partial charge in [0.15, 0.2) is 5.75 Å². The minimum absolute atomic E-state index is 0.151. The fourth-order valence-corrected chi connectivity index (χ4v) is 2.61. The molecule has 107 valence electrons. The van der Waals surface area contributed by atoms with Gasteiger partial charge < -0.3 is 4.74 Å². The topological polar surface area (TPSA) is 42.0 Å². The van der Waals surface area contributed by atoms with Gasteiger partial charge in [0.1, 0.15) is 5.75 Å². The van der Waals surface area contributed by atoms with Crippen molar-refractivity contribution in [3.8, 4) is 16.7 Å². The van der Waals surface area contributed by atoms with E-state index in [0.717, 1.165) is 23.5 Å². The summed E-state index contributed by atoms with van der Waals surface area (Å²) in [6.45, 7) is 0. The molecular weight excluding hydrogens is 303 g/mol. The molecule has 0 saturated heterocycles. The second-order valence-corrected chi connectivity index (χ2v) is 5.23. The number of halogens is 3. The van der Waals surface area contributed by atoms with Crippen LogP contribution >= 0.6 is 11.3 Å². The fourth-order valence-electron chi connectivity index (χ4n) is 1.73. The number of benzene rings is 2. The summed E-state index contributed by atoms with van der Waals surface area (Å²) in [6, 6.07) is 8.97. The van der Waals surface area contributed by atoms with Crippen molar-refractivity contribution in [2.45, 2.75) is 6.18 Å². The Bertz CT molecular complexity index is 781. The molecule has 0 atom stereocenters. The van der Waals surface area contributed by atoms with Crippen molar-refractivity contribution in [2.75, 3.05) is 0 Å². The molecule has 0 saturated carbocycles. The molecule has 3 rings (SSSR count). The maximum absolute atomic E-state index is 12.6. The molecule has 0 fully saturated rings. The number of rotatable bonds is 2. The number of hydrogen-bond donors (Lipinski definition) is 0. The summed E-state index contributed by atoms with van der Waals surface area (Å²) in [5.74, 6) is 0.256. The molecule has 7 heteroatoms. The van der Waals surface area contributed by atoms with Crippen LogP contribution in [0.4, 0.5) is 13.2 Å². The number of ether oxygens (including phenoxy) is 1. The third-order valence-corrected chi connectivity index (χ3v) is 3.62. The predicted octanol–water partition coefficient (Wildman–Crippen LogP) is 5.25. The van der Waals surface area contributed by atoms with E-state index in [-0.39, 0.29) is 10.9 Å². The molecule has 0 unspecified atom stereocenters. The van der Waals surface area contributed by atoms with Gasteiger partial charge in [0.05, 0.1) is 15.8 Å². The largest absolute Gasteiger partial charge is 0.431 e. The summed E-state index contributed by atoms with van der Waals surface area (Å²) < 4.78 is 43.7. The highest BCUT2D eigenvalue weighted by Crippen LogP contribution is 2.36. The number of nitrogens with zero attached hydrogens (tertiary/aromatic N) is 1. The Morgan fingerprint density at radius 1 is 1.05 bits per heavy atom. The van der Waals surface area contributed by atoms with E-state index in [1.807, 2.05) is 0 Å². The number of hydrogen-bond acceptors (Lipinski definition) is 3. The average Bonchev–Trinajstić information content (AvgIpc) is 2.81. The Balaban J connectivity index is 1.92. The van der Waals surface area contributed by atoms with Gasteiger partial charge in [-0.25, -0.2) is 4.98 Å². The normalized spacial score (nSPS) is 11.8. The monoisotopic (exact) mass is 310 g/mol. The van der Waals surface area contributed by atoms with Gasteiger partial charge in [0.2, 0.25) is 0 Å². The van der Waals surface area contributed by atoms with Crippen LogP contribution in [0, 0.1) is 0 Å². The lowest BCUT2D eigenvalue weighted by Crippen LogP contribution is -2.03. The van der Waals surface area contributed by atoms with E-state index in [1.54, 1.807) is 0 Å². The molecule has 2 aromatic carbocycles. The zero-order valence-corrected chi connectivity index (χ0v) is 11.2. The Labute approximate surface area is 121 Å². The first kappa shape index (κ1) is 13.7. The zero-order valence-electron chi connectivity index (χ0n) is 10.3. The van der Waals surface area contributed by atoms with Gasteiger partial charge in [0, 0.05) is 0 Å². The summed E-state index contributed by atoms with van der Waals surface area (Å²) >= 11 is 1.02.